The Morgan fingerprint density at radius 2 is 1.80 bits per heavy atom. The fourth-order valence-corrected chi connectivity index (χ4v) is 1.53. The van der Waals surface area contributed by atoms with Crippen molar-refractivity contribution in [3.05, 3.63) is 23.0 Å². The molecule has 1 amide bonds. The van der Waals surface area contributed by atoms with Crippen LogP contribution in [0.1, 0.15) is 37.7 Å². The SMILES string of the molecule is Cc1cc(NC(=O)OC(C)(C)C)c(C)nc1C(F)(F)F. The van der Waals surface area contributed by atoms with Gasteiger partial charge in [0.1, 0.15) is 11.3 Å². The monoisotopic (exact) mass is 290 g/mol. The predicted octanol–water partition coefficient (Wildman–Crippen LogP) is 4.06. The first-order chi connectivity index (χ1) is 8.90. The summed E-state index contributed by atoms with van der Waals surface area (Å²) < 4.78 is 43.0. The van der Waals surface area contributed by atoms with Crippen LogP contribution in [0.3, 0.4) is 0 Å². The van der Waals surface area contributed by atoms with E-state index >= 15 is 0 Å². The summed E-state index contributed by atoms with van der Waals surface area (Å²) in [5.74, 6) is 0. The lowest BCUT2D eigenvalue weighted by Crippen LogP contribution is -2.27. The molecule has 0 radical (unpaired) electrons. The van der Waals surface area contributed by atoms with Gasteiger partial charge in [0, 0.05) is 0 Å². The minimum atomic E-state index is -4.51. The van der Waals surface area contributed by atoms with Crippen LogP contribution in [0.5, 0.6) is 0 Å². The lowest BCUT2D eigenvalue weighted by atomic mass is 10.1. The van der Waals surface area contributed by atoms with Crippen molar-refractivity contribution in [2.75, 3.05) is 5.32 Å². The molecule has 4 nitrogen and oxygen atoms in total. The Kier molecular flexibility index (Phi) is 4.31. The van der Waals surface area contributed by atoms with E-state index in [-0.39, 0.29) is 16.9 Å². The molecule has 1 heterocycles. The molecule has 0 spiro atoms. The second-order valence-electron chi connectivity index (χ2n) is 5.41. The molecule has 112 valence electrons. The van der Waals surface area contributed by atoms with Crippen molar-refractivity contribution in [2.45, 2.75) is 46.4 Å². The molecular weight excluding hydrogens is 273 g/mol. The maximum atomic E-state index is 12.7. The second-order valence-corrected chi connectivity index (χ2v) is 5.41. The van der Waals surface area contributed by atoms with E-state index in [4.69, 9.17) is 4.74 Å². The molecule has 1 rings (SSSR count). The normalized spacial score (nSPS) is 12.2. The average molecular weight is 290 g/mol. The highest BCUT2D eigenvalue weighted by Crippen LogP contribution is 2.32. The summed E-state index contributed by atoms with van der Waals surface area (Å²) in [4.78, 5) is 15.1. The molecule has 0 bridgehead atoms. The van der Waals surface area contributed by atoms with Crippen molar-refractivity contribution in [3.63, 3.8) is 0 Å². The van der Waals surface area contributed by atoms with Gasteiger partial charge in [0.25, 0.3) is 0 Å². The molecule has 0 aliphatic rings. The van der Waals surface area contributed by atoms with Crippen LogP contribution in [0.25, 0.3) is 0 Å². The highest BCUT2D eigenvalue weighted by Gasteiger charge is 2.35. The first-order valence-electron chi connectivity index (χ1n) is 5.95. The third-order valence-electron chi connectivity index (χ3n) is 2.31. The maximum Gasteiger partial charge on any atom is 0.433 e. The van der Waals surface area contributed by atoms with Crippen molar-refractivity contribution in [1.82, 2.24) is 4.98 Å². The summed E-state index contributed by atoms with van der Waals surface area (Å²) in [6, 6.07) is 1.23. The summed E-state index contributed by atoms with van der Waals surface area (Å²) in [5.41, 5.74) is -1.43. The van der Waals surface area contributed by atoms with E-state index in [1.807, 2.05) is 0 Å². The number of pyridine rings is 1. The van der Waals surface area contributed by atoms with E-state index in [2.05, 4.69) is 10.3 Å². The lowest BCUT2D eigenvalue weighted by Gasteiger charge is -2.20. The molecule has 0 atom stereocenters. The molecule has 0 aromatic carbocycles. The Morgan fingerprint density at radius 1 is 1.25 bits per heavy atom. The lowest BCUT2D eigenvalue weighted by molar-refractivity contribution is -0.141. The number of alkyl halides is 3. The molecule has 0 fully saturated rings. The van der Waals surface area contributed by atoms with Crippen molar-refractivity contribution in [1.29, 1.82) is 0 Å². The number of nitrogens with one attached hydrogen (secondary N) is 1. The Hall–Kier alpha value is -1.79. The van der Waals surface area contributed by atoms with Crippen LogP contribution in [0.4, 0.5) is 23.7 Å². The van der Waals surface area contributed by atoms with Crippen molar-refractivity contribution >= 4 is 11.8 Å². The number of amides is 1. The van der Waals surface area contributed by atoms with Gasteiger partial charge in [-0.05, 0) is 46.2 Å². The van der Waals surface area contributed by atoms with Crippen LogP contribution >= 0.6 is 0 Å². The van der Waals surface area contributed by atoms with E-state index in [0.29, 0.717) is 0 Å². The zero-order valence-corrected chi connectivity index (χ0v) is 12.0. The summed E-state index contributed by atoms with van der Waals surface area (Å²) in [6.45, 7) is 7.75. The number of aryl methyl sites for hydroxylation is 2. The van der Waals surface area contributed by atoms with E-state index in [1.165, 1.54) is 19.9 Å². The minimum absolute atomic E-state index is 0.0610. The van der Waals surface area contributed by atoms with Crippen LogP contribution in [0.15, 0.2) is 6.07 Å². The molecule has 20 heavy (non-hydrogen) atoms. The molecule has 1 aromatic rings. The molecule has 7 heteroatoms. The van der Waals surface area contributed by atoms with Gasteiger partial charge in [-0.25, -0.2) is 9.78 Å². The molecule has 0 unspecified atom stereocenters. The van der Waals surface area contributed by atoms with Gasteiger partial charge in [-0.15, -0.1) is 0 Å². The summed E-state index contributed by atoms with van der Waals surface area (Å²) >= 11 is 0. The van der Waals surface area contributed by atoms with E-state index in [0.717, 1.165) is 0 Å². The minimum Gasteiger partial charge on any atom is -0.444 e. The third kappa shape index (κ3) is 4.40. The number of rotatable bonds is 1. The summed E-state index contributed by atoms with van der Waals surface area (Å²) in [5, 5.41) is 2.40. The van der Waals surface area contributed by atoms with Gasteiger partial charge in [0.05, 0.1) is 11.4 Å². The maximum absolute atomic E-state index is 12.7. The second kappa shape index (κ2) is 5.30. The first kappa shape index (κ1) is 16.3. The van der Waals surface area contributed by atoms with Gasteiger partial charge < -0.3 is 4.74 Å². The summed E-state index contributed by atoms with van der Waals surface area (Å²) in [7, 11) is 0. The van der Waals surface area contributed by atoms with Gasteiger partial charge >= 0.3 is 12.3 Å². The van der Waals surface area contributed by atoms with Gasteiger partial charge in [-0.1, -0.05) is 0 Å². The van der Waals surface area contributed by atoms with E-state index in [1.54, 1.807) is 20.8 Å². The zero-order valence-electron chi connectivity index (χ0n) is 12.0. The number of halogens is 3. The van der Waals surface area contributed by atoms with Crippen LogP contribution in [0.2, 0.25) is 0 Å². The third-order valence-corrected chi connectivity index (χ3v) is 2.31. The molecular formula is C13H17F3N2O2. The molecule has 0 saturated heterocycles. The molecule has 0 aliphatic heterocycles. The van der Waals surface area contributed by atoms with Crippen LogP contribution in [-0.2, 0) is 10.9 Å². The van der Waals surface area contributed by atoms with Crippen LogP contribution in [-0.4, -0.2) is 16.7 Å². The van der Waals surface area contributed by atoms with Crippen molar-refractivity contribution in [3.8, 4) is 0 Å². The number of carbonyl (C=O) groups is 1. The van der Waals surface area contributed by atoms with Crippen LogP contribution < -0.4 is 5.32 Å². The number of hydrogen-bond acceptors (Lipinski definition) is 3. The van der Waals surface area contributed by atoms with Crippen molar-refractivity contribution in [2.24, 2.45) is 0 Å². The molecule has 0 saturated carbocycles. The fourth-order valence-electron chi connectivity index (χ4n) is 1.53. The number of carbonyl (C=O) groups excluding carboxylic acids is 1. The Morgan fingerprint density at radius 3 is 2.25 bits per heavy atom. The standard InChI is InChI=1S/C13H17F3N2O2/c1-7-6-9(18-11(19)20-12(3,4)5)8(2)17-10(7)13(14,15)16/h6H,1-5H3,(H,18,19). The van der Waals surface area contributed by atoms with E-state index < -0.39 is 23.6 Å². The van der Waals surface area contributed by atoms with Crippen molar-refractivity contribution < 1.29 is 22.7 Å². The number of nitrogens with zero attached hydrogens (tertiary/aromatic N) is 1. The smallest absolute Gasteiger partial charge is 0.433 e. The van der Waals surface area contributed by atoms with Crippen LogP contribution in [0, 0.1) is 13.8 Å². The highest BCUT2D eigenvalue weighted by molar-refractivity contribution is 5.85. The molecule has 0 aliphatic carbocycles. The number of ether oxygens (including phenoxy) is 1. The first-order valence-corrected chi connectivity index (χ1v) is 5.95. The average Bonchev–Trinajstić information content (AvgIpc) is 2.18. The Balaban J connectivity index is 2.99. The molecule has 1 N–H and O–H groups in total. The van der Waals surface area contributed by atoms with Gasteiger partial charge in [0.15, 0.2) is 0 Å². The number of aromatic nitrogens is 1. The predicted molar refractivity (Wildman–Crippen MR) is 68.6 cm³/mol. The fraction of sp³-hybridized carbons (Fsp3) is 0.538. The number of anilines is 1. The number of hydrogen-bond donors (Lipinski definition) is 1. The van der Waals surface area contributed by atoms with E-state index in [9.17, 15) is 18.0 Å². The summed E-state index contributed by atoms with van der Waals surface area (Å²) in [6.07, 6.45) is -5.25. The van der Waals surface area contributed by atoms with Gasteiger partial charge in [0.2, 0.25) is 0 Å². The quantitative estimate of drug-likeness (QED) is 0.848. The van der Waals surface area contributed by atoms with Gasteiger partial charge in [-0.3, -0.25) is 5.32 Å². The topological polar surface area (TPSA) is 51.2 Å². The Labute approximate surface area is 115 Å². The molecule has 1 aromatic heterocycles. The Bertz CT molecular complexity index is 520. The largest absolute Gasteiger partial charge is 0.444 e. The zero-order chi connectivity index (χ0) is 15.7. The highest BCUT2D eigenvalue weighted by atomic mass is 19.4. The van der Waals surface area contributed by atoms with Gasteiger partial charge in [-0.2, -0.15) is 13.2 Å².